The van der Waals surface area contributed by atoms with Crippen LogP contribution in [-0.4, -0.2) is 17.1 Å². The summed E-state index contributed by atoms with van der Waals surface area (Å²) in [5.41, 5.74) is 7.83. The number of methoxy groups -OCH3 is 1. The van der Waals surface area contributed by atoms with E-state index in [9.17, 15) is 0 Å². The lowest BCUT2D eigenvalue weighted by Gasteiger charge is -2.13. The molecule has 0 bridgehead atoms. The van der Waals surface area contributed by atoms with Gasteiger partial charge in [-0.05, 0) is 44.4 Å². The Morgan fingerprint density at radius 1 is 1.14 bits per heavy atom. The molecule has 0 amide bonds. The molecule has 21 heavy (non-hydrogen) atoms. The number of aromatic nitrogens is 2. The molecule has 1 aliphatic carbocycles. The fourth-order valence-corrected chi connectivity index (χ4v) is 2.12. The fraction of sp³-hybridized carbons (Fsp3) is 0.375. The van der Waals surface area contributed by atoms with Gasteiger partial charge in [-0.1, -0.05) is 6.07 Å². The van der Waals surface area contributed by atoms with Crippen LogP contribution in [0.1, 0.15) is 35.7 Å². The molecular weight excluding hydrogens is 266 g/mol. The van der Waals surface area contributed by atoms with Gasteiger partial charge >= 0.3 is 0 Å². The smallest absolute Gasteiger partial charge is 0.227 e. The molecule has 1 aliphatic rings. The third-order valence-corrected chi connectivity index (χ3v) is 3.62. The highest BCUT2D eigenvalue weighted by Gasteiger charge is 2.28. The van der Waals surface area contributed by atoms with Crippen LogP contribution in [0.4, 0.5) is 5.82 Å². The molecule has 1 heterocycles. The monoisotopic (exact) mass is 285 g/mol. The van der Waals surface area contributed by atoms with Crippen molar-refractivity contribution in [1.29, 1.82) is 0 Å². The lowest BCUT2D eigenvalue weighted by atomic mass is 10.2. The minimum absolute atomic E-state index is 0.426. The van der Waals surface area contributed by atoms with Gasteiger partial charge in [-0.25, -0.2) is 4.98 Å². The van der Waals surface area contributed by atoms with Gasteiger partial charge in [0.2, 0.25) is 5.88 Å². The third-order valence-electron chi connectivity index (χ3n) is 3.62. The van der Waals surface area contributed by atoms with Crippen molar-refractivity contribution in [1.82, 2.24) is 9.97 Å². The molecule has 1 aromatic carbocycles. The van der Waals surface area contributed by atoms with Gasteiger partial charge in [0, 0.05) is 5.92 Å². The number of rotatable bonds is 4. The Kier molecular flexibility index (Phi) is 3.41. The summed E-state index contributed by atoms with van der Waals surface area (Å²) in [5, 5.41) is 0. The fourth-order valence-electron chi connectivity index (χ4n) is 2.12. The summed E-state index contributed by atoms with van der Waals surface area (Å²) in [6, 6.07) is 5.78. The SMILES string of the molecule is COc1cc(C)ccc1Oc1nc(C2CC2)nc(N)c1C. The summed E-state index contributed by atoms with van der Waals surface area (Å²) in [6.07, 6.45) is 2.24. The average molecular weight is 285 g/mol. The number of anilines is 1. The largest absolute Gasteiger partial charge is 0.493 e. The number of nitrogens with two attached hydrogens (primary N) is 1. The Hall–Kier alpha value is -2.30. The van der Waals surface area contributed by atoms with Gasteiger partial charge in [0.05, 0.1) is 12.7 Å². The van der Waals surface area contributed by atoms with Gasteiger partial charge in [0.25, 0.3) is 0 Å². The molecule has 5 nitrogen and oxygen atoms in total. The zero-order valence-corrected chi connectivity index (χ0v) is 12.5. The molecule has 0 unspecified atom stereocenters. The number of nitrogen functional groups attached to an aromatic ring is 1. The quantitative estimate of drug-likeness (QED) is 0.932. The van der Waals surface area contributed by atoms with Crippen molar-refractivity contribution in [2.75, 3.05) is 12.8 Å². The summed E-state index contributed by atoms with van der Waals surface area (Å²) < 4.78 is 11.3. The van der Waals surface area contributed by atoms with E-state index in [-0.39, 0.29) is 0 Å². The molecule has 3 rings (SSSR count). The number of hydrogen-bond donors (Lipinski definition) is 1. The first-order valence-corrected chi connectivity index (χ1v) is 7.05. The van der Waals surface area contributed by atoms with Gasteiger partial charge in [-0.2, -0.15) is 4.98 Å². The zero-order valence-electron chi connectivity index (χ0n) is 12.5. The predicted octanol–water partition coefficient (Wildman–Crippen LogP) is 3.35. The number of aryl methyl sites for hydroxylation is 1. The summed E-state index contributed by atoms with van der Waals surface area (Å²) >= 11 is 0. The van der Waals surface area contributed by atoms with Crippen LogP contribution in [0.15, 0.2) is 18.2 Å². The van der Waals surface area contributed by atoms with Crippen LogP contribution in [0.3, 0.4) is 0 Å². The third kappa shape index (κ3) is 2.77. The Labute approximate surface area is 124 Å². The number of hydrogen-bond acceptors (Lipinski definition) is 5. The summed E-state index contributed by atoms with van der Waals surface area (Å²) in [7, 11) is 1.62. The molecule has 0 aliphatic heterocycles. The van der Waals surface area contributed by atoms with Gasteiger partial charge in [-0.15, -0.1) is 0 Å². The highest BCUT2D eigenvalue weighted by atomic mass is 16.5. The molecular formula is C16H19N3O2. The lowest BCUT2D eigenvalue weighted by molar-refractivity contribution is 0.372. The van der Waals surface area contributed by atoms with Gasteiger partial charge < -0.3 is 15.2 Å². The second-order valence-corrected chi connectivity index (χ2v) is 5.43. The molecule has 0 radical (unpaired) electrons. The van der Waals surface area contributed by atoms with E-state index in [1.165, 1.54) is 0 Å². The average Bonchev–Trinajstić information content (AvgIpc) is 3.29. The number of nitrogens with zero attached hydrogens (tertiary/aromatic N) is 2. The highest BCUT2D eigenvalue weighted by Crippen LogP contribution is 2.40. The maximum atomic E-state index is 5.97. The molecule has 2 N–H and O–H groups in total. The van der Waals surface area contributed by atoms with Crippen LogP contribution < -0.4 is 15.2 Å². The molecule has 1 aromatic heterocycles. The van der Waals surface area contributed by atoms with Crippen molar-refractivity contribution in [2.24, 2.45) is 0 Å². The molecule has 110 valence electrons. The van der Waals surface area contributed by atoms with Crippen LogP contribution >= 0.6 is 0 Å². The Morgan fingerprint density at radius 2 is 1.90 bits per heavy atom. The van der Waals surface area contributed by atoms with Crippen molar-refractivity contribution in [3.63, 3.8) is 0 Å². The zero-order chi connectivity index (χ0) is 15.0. The van der Waals surface area contributed by atoms with E-state index in [2.05, 4.69) is 9.97 Å². The Bertz CT molecular complexity index is 681. The first-order chi connectivity index (χ1) is 10.1. The highest BCUT2D eigenvalue weighted by molar-refractivity contribution is 5.49. The van der Waals surface area contributed by atoms with E-state index in [0.29, 0.717) is 29.1 Å². The lowest BCUT2D eigenvalue weighted by Crippen LogP contribution is -2.04. The maximum absolute atomic E-state index is 5.97. The van der Waals surface area contributed by atoms with Crippen molar-refractivity contribution < 1.29 is 9.47 Å². The molecule has 0 saturated heterocycles. The summed E-state index contributed by atoms with van der Waals surface area (Å²) in [4.78, 5) is 8.87. The topological polar surface area (TPSA) is 70.3 Å². The van der Waals surface area contributed by atoms with Crippen LogP contribution in [-0.2, 0) is 0 Å². The van der Waals surface area contributed by atoms with E-state index in [1.54, 1.807) is 7.11 Å². The minimum Gasteiger partial charge on any atom is -0.493 e. The van der Waals surface area contributed by atoms with E-state index >= 15 is 0 Å². The first-order valence-electron chi connectivity index (χ1n) is 7.05. The normalized spacial score (nSPS) is 14.0. The second kappa shape index (κ2) is 5.24. The molecule has 0 spiro atoms. The Morgan fingerprint density at radius 3 is 2.57 bits per heavy atom. The van der Waals surface area contributed by atoms with Crippen LogP contribution in [0, 0.1) is 13.8 Å². The van der Waals surface area contributed by atoms with Crippen molar-refractivity contribution in [3.05, 3.63) is 35.2 Å². The van der Waals surface area contributed by atoms with E-state index in [0.717, 1.165) is 29.8 Å². The number of ether oxygens (including phenoxy) is 2. The van der Waals surface area contributed by atoms with Crippen molar-refractivity contribution in [3.8, 4) is 17.4 Å². The second-order valence-electron chi connectivity index (χ2n) is 5.43. The van der Waals surface area contributed by atoms with E-state index in [1.807, 2.05) is 32.0 Å². The Balaban J connectivity index is 1.97. The summed E-state index contributed by atoms with van der Waals surface area (Å²) in [5.74, 6) is 3.50. The van der Waals surface area contributed by atoms with Crippen LogP contribution in [0.2, 0.25) is 0 Å². The van der Waals surface area contributed by atoms with Crippen LogP contribution in [0.5, 0.6) is 17.4 Å². The van der Waals surface area contributed by atoms with Crippen LogP contribution in [0.25, 0.3) is 0 Å². The maximum Gasteiger partial charge on any atom is 0.227 e. The molecule has 1 fully saturated rings. The molecule has 0 atom stereocenters. The first kappa shape index (κ1) is 13.7. The number of benzene rings is 1. The summed E-state index contributed by atoms with van der Waals surface area (Å²) in [6.45, 7) is 3.87. The predicted molar refractivity (Wildman–Crippen MR) is 81.0 cm³/mol. The molecule has 5 heteroatoms. The van der Waals surface area contributed by atoms with Crippen molar-refractivity contribution >= 4 is 5.82 Å². The van der Waals surface area contributed by atoms with Gasteiger partial charge in [0.15, 0.2) is 11.5 Å². The standard InChI is InChI=1S/C16H19N3O2/c1-9-4-7-12(13(8-9)20-3)21-16-10(2)14(17)18-15(19-16)11-5-6-11/h4,7-8,11H,5-6H2,1-3H3,(H2,17,18,19). The van der Waals surface area contributed by atoms with Gasteiger partial charge in [0.1, 0.15) is 11.6 Å². The molecule has 1 saturated carbocycles. The van der Waals surface area contributed by atoms with Crippen molar-refractivity contribution in [2.45, 2.75) is 32.6 Å². The minimum atomic E-state index is 0.426. The molecule has 2 aromatic rings. The van der Waals surface area contributed by atoms with Gasteiger partial charge in [-0.3, -0.25) is 0 Å². The van der Waals surface area contributed by atoms with E-state index in [4.69, 9.17) is 15.2 Å². The van der Waals surface area contributed by atoms with E-state index < -0.39 is 0 Å².